The van der Waals surface area contributed by atoms with Gasteiger partial charge in [0.1, 0.15) is 11.5 Å². The number of urea groups is 1. The van der Waals surface area contributed by atoms with Gasteiger partial charge < -0.3 is 30.0 Å². The van der Waals surface area contributed by atoms with Crippen molar-refractivity contribution in [3.8, 4) is 22.6 Å². The van der Waals surface area contributed by atoms with Crippen molar-refractivity contribution in [2.75, 3.05) is 18.9 Å². The SMILES string of the molecule is CN(Cc1ccccc1)C[C@@H]1C[C@H](c2ccc(CO)cc2)O[C@H](c2cccc(-c3cccc(CNC(=O)Nc4ccc(Oc5ccccc5)cc4)c3)c2)O1. The van der Waals surface area contributed by atoms with E-state index in [-0.39, 0.29) is 24.8 Å². The molecule has 8 heteroatoms. The van der Waals surface area contributed by atoms with Gasteiger partial charge in [0.05, 0.1) is 18.8 Å². The van der Waals surface area contributed by atoms with Crippen molar-refractivity contribution >= 4 is 11.7 Å². The number of benzene rings is 6. The Balaban J connectivity index is 1.00. The van der Waals surface area contributed by atoms with Crippen LogP contribution in [-0.2, 0) is 29.2 Å². The largest absolute Gasteiger partial charge is 0.457 e. The number of ether oxygens (including phenoxy) is 3. The van der Waals surface area contributed by atoms with Crippen LogP contribution in [0.4, 0.5) is 10.5 Å². The molecule has 0 aliphatic carbocycles. The fourth-order valence-corrected chi connectivity index (χ4v) is 6.65. The first kappa shape index (κ1) is 36.6. The number of likely N-dealkylation sites (N-methyl/N-ethyl adjacent to an activating group) is 1. The van der Waals surface area contributed by atoms with Crippen molar-refractivity contribution in [2.45, 2.75) is 44.6 Å². The van der Waals surface area contributed by atoms with E-state index >= 15 is 0 Å². The number of aliphatic hydroxyl groups excluding tert-OH is 1. The highest BCUT2D eigenvalue weighted by atomic mass is 16.7. The van der Waals surface area contributed by atoms with Crippen LogP contribution < -0.4 is 15.4 Å². The lowest BCUT2D eigenvalue weighted by molar-refractivity contribution is -0.252. The molecule has 0 saturated carbocycles. The summed E-state index contributed by atoms with van der Waals surface area (Å²) in [6.07, 6.45) is -0.0882. The van der Waals surface area contributed by atoms with Crippen LogP contribution in [0.15, 0.2) is 158 Å². The summed E-state index contributed by atoms with van der Waals surface area (Å²) in [5.41, 5.74) is 7.80. The number of anilines is 1. The number of nitrogens with zero attached hydrogens (tertiary/aromatic N) is 1. The van der Waals surface area contributed by atoms with E-state index in [1.807, 2.05) is 109 Å². The molecule has 2 amide bonds. The average Bonchev–Trinajstić information content (AvgIpc) is 3.21. The van der Waals surface area contributed by atoms with Crippen LogP contribution in [0.25, 0.3) is 11.1 Å². The summed E-state index contributed by atoms with van der Waals surface area (Å²) in [5.74, 6) is 1.44. The Kier molecular flexibility index (Phi) is 12.1. The molecule has 0 bridgehead atoms. The highest BCUT2D eigenvalue weighted by Crippen LogP contribution is 2.39. The van der Waals surface area contributed by atoms with Gasteiger partial charge in [0, 0.05) is 37.3 Å². The molecule has 54 heavy (non-hydrogen) atoms. The summed E-state index contributed by atoms with van der Waals surface area (Å²) < 4.78 is 19.2. The second-order valence-corrected chi connectivity index (χ2v) is 13.6. The Labute approximate surface area is 317 Å². The molecule has 6 aromatic carbocycles. The summed E-state index contributed by atoms with van der Waals surface area (Å²) in [4.78, 5) is 15.1. The first-order chi connectivity index (χ1) is 26.5. The van der Waals surface area contributed by atoms with Crippen molar-refractivity contribution in [1.29, 1.82) is 0 Å². The number of carbonyl (C=O) groups excluding carboxylic acids is 1. The van der Waals surface area contributed by atoms with E-state index in [9.17, 15) is 9.90 Å². The molecule has 3 atom stereocenters. The summed E-state index contributed by atoms with van der Waals surface area (Å²) in [7, 11) is 2.12. The zero-order valence-corrected chi connectivity index (χ0v) is 30.3. The van der Waals surface area contributed by atoms with E-state index in [1.165, 1.54) is 5.56 Å². The molecule has 0 radical (unpaired) electrons. The first-order valence-electron chi connectivity index (χ1n) is 18.3. The predicted octanol–water partition coefficient (Wildman–Crippen LogP) is 9.64. The van der Waals surface area contributed by atoms with Gasteiger partial charge in [-0.3, -0.25) is 4.90 Å². The lowest BCUT2D eigenvalue weighted by atomic mass is 9.98. The Hall–Kier alpha value is -5.77. The molecule has 3 N–H and O–H groups in total. The third-order valence-corrected chi connectivity index (χ3v) is 9.39. The molecular weight excluding hydrogens is 675 g/mol. The highest BCUT2D eigenvalue weighted by molar-refractivity contribution is 5.89. The fraction of sp³-hybridized carbons (Fsp3) is 0.196. The number of carbonyl (C=O) groups is 1. The molecule has 0 spiro atoms. The van der Waals surface area contributed by atoms with Crippen LogP contribution in [0.5, 0.6) is 11.5 Å². The topological polar surface area (TPSA) is 92.3 Å². The second-order valence-electron chi connectivity index (χ2n) is 13.6. The Morgan fingerprint density at radius 1 is 0.704 bits per heavy atom. The normalized spacial score (nSPS) is 16.8. The summed E-state index contributed by atoms with van der Waals surface area (Å²) >= 11 is 0. The zero-order chi connectivity index (χ0) is 37.1. The van der Waals surface area contributed by atoms with E-state index in [2.05, 4.69) is 71.1 Å². The molecule has 1 heterocycles. The van der Waals surface area contributed by atoms with Gasteiger partial charge in [0.25, 0.3) is 0 Å². The van der Waals surface area contributed by atoms with Gasteiger partial charge in [-0.1, -0.05) is 109 Å². The molecule has 0 aromatic heterocycles. The third kappa shape index (κ3) is 10.0. The van der Waals surface area contributed by atoms with Crippen molar-refractivity contribution < 1.29 is 24.1 Å². The minimum Gasteiger partial charge on any atom is -0.457 e. The van der Waals surface area contributed by atoms with E-state index in [4.69, 9.17) is 14.2 Å². The van der Waals surface area contributed by atoms with Gasteiger partial charge in [0.15, 0.2) is 6.29 Å². The van der Waals surface area contributed by atoms with Crippen molar-refractivity contribution in [3.05, 3.63) is 186 Å². The molecule has 7 rings (SSSR count). The van der Waals surface area contributed by atoms with Crippen LogP contribution in [0.2, 0.25) is 0 Å². The van der Waals surface area contributed by atoms with E-state index in [0.717, 1.165) is 52.2 Å². The van der Waals surface area contributed by atoms with Crippen LogP contribution in [0.1, 0.15) is 46.6 Å². The smallest absolute Gasteiger partial charge is 0.319 e. The van der Waals surface area contributed by atoms with Gasteiger partial charge in [-0.25, -0.2) is 4.79 Å². The van der Waals surface area contributed by atoms with Crippen molar-refractivity contribution in [1.82, 2.24) is 10.2 Å². The van der Waals surface area contributed by atoms with E-state index < -0.39 is 6.29 Å². The number of hydrogen-bond donors (Lipinski definition) is 3. The molecule has 274 valence electrons. The maximum atomic E-state index is 12.8. The molecule has 1 aliphatic heterocycles. The Morgan fingerprint density at radius 2 is 1.37 bits per heavy atom. The van der Waals surface area contributed by atoms with Crippen LogP contribution in [-0.4, -0.2) is 35.7 Å². The number of nitrogens with one attached hydrogen (secondary N) is 2. The maximum absolute atomic E-state index is 12.8. The molecule has 0 unspecified atom stereocenters. The van der Waals surface area contributed by atoms with Crippen molar-refractivity contribution in [2.24, 2.45) is 0 Å². The predicted molar refractivity (Wildman–Crippen MR) is 212 cm³/mol. The second kappa shape index (κ2) is 17.8. The fourth-order valence-electron chi connectivity index (χ4n) is 6.65. The molecular formula is C46H45N3O5. The summed E-state index contributed by atoms with van der Waals surface area (Å²) in [6, 6.07) is 51.4. The zero-order valence-electron chi connectivity index (χ0n) is 30.3. The van der Waals surface area contributed by atoms with Gasteiger partial charge in [0.2, 0.25) is 0 Å². The van der Waals surface area contributed by atoms with Crippen LogP contribution >= 0.6 is 0 Å². The van der Waals surface area contributed by atoms with Crippen molar-refractivity contribution in [3.63, 3.8) is 0 Å². The highest BCUT2D eigenvalue weighted by Gasteiger charge is 2.33. The minimum atomic E-state index is -0.566. The number of para-hydroxylation sites is 1. The number of hydrogen-bond acceptors (Lipinski definition) is 6. The van der Waals surface area contributed by atoms with Gasteiger partial charge in [-0.15, -0.1) is 0 Å². The molecule has 6 aromatic rings. The summed E-state index contributed by atoms with van der Waals surface area (Å²) in [5, 5.41) is 15.5. The Morgan fingerprint density at radius 3 is 2.11 bits per heavy atom. The Bertz CT molecular complexity index is 2090. The standard InChI is InChI=1S/C46H45N3O5/c1-49(30-33-10-4-2-5-11-33)31-43-28-44(36-20-18-34(32-50)19-21-36)54-45(53-43)39-15-9-14-38(27-39)37-13-8-12-35(26-37)29-47-46(51)48-40-22-24-42(25-23-40)52-41-16-6-3-7-17-41/h2-27,43-45,50H,28-32H2,1H3,(H2,47,48,51)/t43-,44+,45+/m0/s1. The van der Waals surface area contributed by atoms with Crippen LogP contribution in [0, 0.1) is 0 Å². The number of aliphatic hydroxyl groups is 1. The molecule has 1 fully saturated rings. The average molecular weight is 720 g/mol. The van der Waals surface area contributed by atoms with Crippen LogP contribution in [0.3, 0.4) is 0 Å². The lowest BCUT2D eigenvalue weighted by Gasteiger charge is -2.38. The van der Waals surface area contributed by atoms with E-state index in [0.29, 0.717) is 24.4 Å². The number of rotatable bonds is 13. The quantitative estimate of drug-likeness (QED) is 0.110. The minimum absolute atomic E-state index is 0.00216. The molecule has 1 aliphatic rings. The number of amides is 2. The third-order valence-electron chi connectivity index (χ3n) is 9.39. The summed E-state index contributed by atoms with van der Waals surface area (Å²) in [6.45, 7) is 1.93. The van der Waals surface area contributed by atoms with Gasteiger partial charge in [-0.05, 0) is 89.0 Å². The van der Waals surface area contributed by atoms with E-state index in [1.54, 1.807) is 0 Å². The van der Waals surface area contributed by atoms with Gasteiger partial charge >= 0.3 is 6.03 Å². The lowest BCUT2D eigenvalue weighted by Crippen LogP contribution is -2.37. The first-order valence-corrected chi connectivity index (χ1v) is 18.3. The monoisotopic (exact) mass is 719 g/mol. The molecule has 1 saturated heterocycles. The maximum Gasteiger partial charge on any atom is 0.319 e. The molecule has 8 nitrogen and oxygen atoms in total. The van der Waals surface area contributed by atoms with Gasteiger partial charge in [-0.2, -0.15) is 0 Å².